The highest BCUT2D eigenvalue weighted by Crippen LogP contribution is 2.34. The number of benzene rings is 1. The smallest absolute Gasteiger partial charge is 0.262 e. The lowest BCUT2D eigenvalue weighted by molar-refractivity contribution is -0.136. The number of rotatable bonds is 5. The van der Waals surface area contributed by atoms with Gasteiger partial charge in [0.25, 0.3) is 11.8 Å². The van der Waals surface area contributed by atoms with Crippen molar-refractivity contribution in [3.05, 3.63) is 29.3 Å². The molecule has 2 fully saturated rings. The Hall–Kier alpha value is -2.74. The molecule has 0 bridgehead atoms. The van der Waals surface area contributed by atoms with Crippen LogP contribution in [0.2, 0.25) is 0 Å². The highest BCUT2D eigenvalue weighted by atomic mass is 16.2. The summed E-state index contributed by atoms with van der Waals surface area (Å²) in [5.41, 5.74) is 7.52. The maximum atomic E-state index is 13.1. The van der Waals surface area contributed by atoms with Crippen molar-refractivity contribution in [1.29, 1.82) is 0 Å². The van der Waals surface area contributed by atoms with E-state index in [1.807, 2.05) is 19.9 Å². The summed E-state index contributed by atoms with van der Waals surface area (Å²) < 4.78 is 0. The lowest BCUT2D eigenvalue weighted by atomic mass is 9.91. The van der Waals surface area contributed by atoms with Crippen molar-refractivity contribution in [2.24, 2.45) is 5.73 Å². The van der Waals surface area contributed by atoms with Crippen molar-refractivity contribution in [1.82, 2.24) is 10.2 Å². The SMILES string of the molecule is CC(C)(N)CCC1CCCCN1c1ccc2c(c1)C(=O)N(C1CCC(=O)NC1=O)C2=O. The number of imide groups is 2. The molecule has 2 unspecified atom stereocenters. The Morgan fingerprint density at radius 3 is 2.52 bits per heavy atom. The van der Waals surface area contributed by atoms with Gasteiger partial charge in [-0.2, -0.15) is 0 Å². The lowest BCUT2D eigenvalue weighted by Crippen LogP contribution is -2.54. The van der Waals surface area contributed by atoms with E-state index in [0.717, 1.165) is 49.2 Å². The maximum absolute atomic E-state index is 13.1. The first-order chi connectivity index (χ1) is 14.7. The first kappa shape index (κ1) is 21.5. The number of carbonyl (C=O) groups excluding carboxylic acids is 4. The topological polar surface area (TPSA) is 113 Å². The highest BCUT2D eigenvalue weighted by Gasteiger charge is 2.44. The van der Waals surface area contributed by atoms with Crippen LogP contribution in [-0.4, -0.2) is 52.7 Å². The average Bonchev–Trinajstić information content (AvgIpc) is 2.96. The molecule has 0 saturated carbocycles. The number of anilines is 1. The third kappa shape index (κ3) is 4.21. The van der Waals surface area contributed by atoms with Gasteiger partial charge in [0.05, 0.1) is 11.1 Å². The van der Waals surface area contributed by atoms with E-state index in [1.54, 1.807) is 12.1 Å². The molecule has 0 radical (unpaired) electrons. The van der Waals surface area contributed by atoms with Crippen LogP contribution in [0.25, 0.3) is 0 Å². The summed E-state index contributed by atoms with van der Waals surface area (Å²) >= 11 is 0. The van der Waals surface area contributed by atoms with Crippen molar-refractivity contribution in [3.8, 4) is 0 Å². The second-order valence-corrected chi connectivity index (χ2v) is 9.55. The summed E-state index contributed by atoms with van der Waals surface area (Å²) in [5, 5.41) is 2.23. The van der Waals surface area contributed by atoms with E-state index in [0.29, 0.717) is 17.2 Å². The van der Waals surface area contributed by atoms with Crippen molar-refractivity contribution in [3.63, 3.8) is 0 Å². The number of nitrogens with one attached hydrogen (secondary N) is 1. The van der Waals surface area contributed by atoms with Crippen LogP contribution in [0, 0.1) is 0 Å². The fraction of sp³-hybridized carbons (Fsp3) is 0.565. The number of hydrogen-bond donors (Lipinski definition) is 2. The molecule has 2 saturated heterocycles. The summed E-state index contributed by atoms with van der Waals surface area (Å²) in [7, 11) is 0. The zero-order valence-corrected chi connectivity index (χ0v) is 18.1. The van der Waals surface area contributed by atoms with Crippen LogP contribution in [0.1, 0.15) is 79.5 Å². The molecule has 166 valence electrons. The number of hydrogen-bond acceptors (Lipinski definition) is 6. The summed E-state index contributed by atoms with van der Waals surface area (Å²) in [6.45, 7) is 4.96. The van der Waals surface area contributed by atoms with Gasteiger partial charge in [-0.25, -0.2) is 0 Å². The van der Waals surface area contributed by atoms with Gasteiger partial charge < -0.3 is 10.6 Å². The van der Waals surface area contributed by atoms with Crippen molar-refractivity contribution >= 4 is 29.3 Å². The summed E-state index contributed by atoms with van der Waals surface area (Å²) in [6.07, 6.45) is 5.46. The number of piperidine rings is 2. The Morgan fingerprint density at radius 2 is 1.81 bits per heavy atom. The molecule has 3 N–H and O–H groups in total. The number of carbonyl (C=O) groups is 4. The van der Waals surface area contributed by atoms with Crippen LogP contribution in [0.5, 0.6) is 0 Å². The fourth-order valence-electron chi connectivity index (χ4n) is 4.82. The molecule has 31 heavy (non-hydrogen) atoms. The Kier molecular flexibility index (Phi) is 5.60. The third-order valence-corrected chi connectivity index (χ3v) is 6.50. The molecule has 3 aliphatic heterocycles. The van der Waals surface area contributed by atoms with E-state index in [2.05, 4.69) is 10.2 Å². The fourth-order valence-corrected chi connectivity index (χ4v) is 4.82. The Bertz CT molecular complexity index is 936. The number of amides is 4. The van der Waals surface area contributed by atoms with E-state index >= 15 is 0 Å². The van der Waals surface area contributed by atoms with Crippen LogP contribution in [0.15, 0.2) is 18.2 Å². The van der Waals surface area contributed by atoms with Crippen LogP contribution in [0.3, 0.4) is 0 Å². The Labute approximate surface area is 182 Å². The zero-order chi connectivity index (χ0) is 22.3. The molecule has 4 amide bonds. The molecule has 0 aliphatic carbocycles. The van der Waals surface area contributed by atoms with Crippen molar-refractivity contribution in [2.75, 3.05) is 11.4 Å². The minimum atomic E-state index is -0.942. The first-order valence-corrected chi connectivity index (χ1v) is 11.1. The molecule has 8 heteroatoms. The van der Waals surface area contributed by atoms with Crippen molar-refractivity contribution < 1.29 is 19.2 Å². The van der Waals surface area contributed by atoms with Gasteiger partial charge in [0.2, 0.25) is 11.8 Å². The van der Waals surface area contributed by atoms with E-state index < -0.39 is 23.8 Å². The highest BCUT2D eigenvalue weighted by molar-refractivity contribution is 6.23. The minimum Gasteiger partial charge on any atom is -0.369 e. The van der Waals surface area contributed by atoms with E-state index in [9.17, 15) is 19.2 Å². The van der Waals surface area contributed by atoms with Gasteiger partial charge in [0, 0.05) is 30.2 Å². The van der Waals surface area contributed by atoms with Crippen LogP contribution >= 0.6 is 0 Å². The molecule has 0 aromatic heterocycles. The lowest BCUT2D eigenvalue weighted by Gasteiger charge is -2.39. The number of fused-ring (bicyclic) bond motifs is 1. The Balaban J connectivity index is 1.58. The maximum Gasteiger partial charge on any atom is 0.262 e. The predicted molar refractivity (Wildman–Crippen MR) is 116 cm³/mol. The summed E-state index contributed by atoms with van der Waals surface area (Å²) in [4.78, 5) is 53.1. The second kappa shape index (κ2) is 8.07. The van der Waals surface area contributed by atoms with Gasteiger partial charge in [0.1, 0.15) is 6.04 Å². The molecule has 4 rings (SSSR count). The van der Waals surface area contributed by atoms with Crippen LogP contribution in [-0.2, 0) is 9.59 Å². The first-order valence-electron chi connectivity index (χ1n) is 11.1. The monoisotopic (exact) mass is 426 g/mol. The van der Waals surface area contributed by atoms with E-state index in [1.165, 1.54) is 0 Å². The molecular formula is C23H30N4O4. The van der Waals surface area contributed by atoms with Crippen LogP contribution < -0.4 is 16.0 Å². The molecule has 1 aromatic rings. The van der Waals surface area contributed by atoms with E-state index in [4.69, 9.17) is 5.73 Å². The van der Waals surface area contributed by atoms with Crippen molar-refractivity contribution in [2.45, 2.75) is 76.4 Å². The molecule has 2 atom stereocenters. The molecular weight excluding hydrogens is 396 g/mol. The third-order valence-electron chi connectivity index (χ3n) is 6.50. The quantitative estimate of drug-likeness (QED) is 0.696. The Morgan fingerprint density at radius 1 is 1.06 bits per heavy atom. The van der Waals surface area contributed by atoms with Gasteiger partial charge in [-0.15, -0.1) is 0 Å². The second-order valence-electron chi connectivity index (χ2n) is 9.55. The predicted octanol–water partition coefficient (Wildman–Crippen LogP) is 1.96. The van der Waals surface area contributed by atoms with Gasteiger partial charge >= 0.3 is 0 Å². The van der Waals surface area contributed by atoms with Gasteiger partial charge in [-0.1, -0.05) is 0 Å². The zero-order valence-electron chi connectivity index (χ0n) is 18.1. The van der Waals surface area contributed by atoms with Gasteiger partial charge in [0.15, 0.2) is 0 Å². The molecule has 1 aromatic carbocycles. The van der Waals surface area contributed by atoms with Crippen LogP contribution in [0.4, 0.5) is 5.69 Å². The molecule has 3 aliphatic rings. The standard InChI is InChI=1S/C23H30N4O4/c1-23(2,24)11-10-14-5-3-4-12-26(14)15-6-7-16-17(13-15)22(31)27(21(16)30)18-8-9-19(28)25-20(18)29/h6-7,13-14,18H,3-5,8-12,24H2,1-2H3,(H,25,28,29). The molecule has 0 spiro atoms. The summed E-state index contributed by atoms with van der Waals surface area (Å²) in [6, 6.07) is 4.77. The van der Waals surface area contributed by atoms with Gasteiger partial charge in [-0.05, 0) is 70.6 Å². The average molecular weight is 427 g/mol. The van der Waals surface area contributed by atoms with E-state index in [-0.39, 0.29) is 24.3 Å². The number of nitrogens with two attached hydrogens (primary N) is 1. The minimum absolute atomic E-state index is 0.113. The van der Waals surface area contributed by atoms with Gasteiger partial charge in [-0.3, -0.25) is 29.4 Å². The largest absolute Gasteiger partial charge is 0.369 e. The molecule has 3 heterocycles. The molecule has 8 nitrogen and oxygen atoms in total. The summed E-state index contributed by atoms with van der Waals surface area (Å²) in [5.74, 6) is -1.91. The normalized spacial score (nSPS) is 24.5. The number of nitrogens with zero attached hydrogens (tertiary/aromatic N) is 2.